The van der Waals surface area contributed by atoms with E-state index in [0.717, 1.165) is 12.5 Å². The van der Waals surface area contributed by atoms with Crippen molar-refractivity contribution >= 4 is 0 Å². The van der Waals surface area contributed by atoms with Crippen LogP contribution >= 0.6 is 0 Å². The molecule has 1 fully saturated rings. The van der Waals surface area contributed by atoms with Crippen LogP contribution in [0, 0.1) is 5.92 Å². The van der Waals surface area contributed by atoms with Crippen molar-refractivity contribution in [2.24, 2.45) is 11.7 Å². The Morgan fingerprint density at radius 1 is 0.952 bits per heavy atom. The van der Waals surface area contributed by atoms with Crippen LogP contribution in [0.2, 0.25) is 0 Å². The molecule has 0 bridgehead atoms. The molecule has 0 saturated heterocycles. The zero-order valence-corrected chi connectivity index (χ0v) is 15.0. The first-order valence-corrected chi connectivity index (χ1v) is 9.38. The molecular weight excluding hydrogens is 258 g/mol. The molecule has 3 heteroatoms. The van der Waals surface area contributed by atoms with E-state index >= 15 is 0 Å². The fourth-order valence-electron chi connectivity index (χ4n) is 3.94. The van der Waals surface area contributed by atoms with Crippen molar-refractivity contribution < 1.29 is 0 Å². The Bertz CT molecular complexity index is 253. The molecule has 0 amide bonds. The Balaban J connectivity index is 2.44. The zero-order chi connectivity index (χ0) is 15.7. The molecule has 3 unspecified atom stereocenters. The molecular formula is C18H39N3. The molecule has 1 saturated carbocycles. The maximum atomic E-state index is 6.45. The normalized spacial score (nSPS) is 26.7. The fraction of sp³-hybridized carbons (Fsp3) is 1.00. The third-order valence-electron chi connectivity index (χ3n) is 5.36. The van der Waals surface area contributed by atoms with E-state index in [1.54, 1.807) is 0 Å². The van der Waals surface area contributed by atoms with Gasteiger partial charge in [-0.05, 0) is 64.3 Å². The number of rotatable bonds is 10. The minimum absolute atomic E-state index is 0.395. The van der Waals surface area contributed by atoms with Gasteiger partial charge in [0, 0.05) is 12.1 Å². The van der Waals surface area contributed by atoms with Gasteiger partial charge in [-0.25, -0.2) is 0 Å². The summed E-state index contributed by atoms with van der Waals surface area (Å²) >= 11 is 0. The van der Waals surface area contributed by atoms with Crippen molar-refractivity contribution in [2.75, 3.05) is 32.7 Å². The summed E-state index contributed by atoms with van der Waals surface area (Å²) in [4.78, 5) is 5.19. The quantitative estimate of drug-likeness (QED) is 0.671. The second-order valence-electron chi connectivity index (χ2n) is 6.71. The van der Waals surface area contributed by atoms with Gasteiger partial charge < -0.3 is 10.6 Å². The highest BCUT2D eigenvalue weighted by atomic mass is 15.2. The summed E-state index contributed by atoms with van der Waals surface area (Å²) in [6, 6.07) is 1.02. The van der Waals surface area contributed by atoms with E-state index < -0.39 is 0 Å². The first-order valence-electron chi connectivity index (χ1n) is 9.38. The van der Waals surface area contributed by atoms with Gasteiger partial charge in [-0.3, -0.25) is 4.90 Å². The Morgan fingerprint density at radius 2 is 1.67 bits per heavy atom. The van der Waals surface area contributed by atoms with Gasteiger partial charge in [0.25, 0.3) is 0 Å². The molecule has 1 aliphatic rings. The average Bonchev–Trinajstić information content (AvgIpc) is 2.50. The summed E-state index contributed by atoms with van der Waals surface area (Å²) in [5.41, 5.74) is 6.45. The van der Waals surface area contributed by atoms with E-state index in [4.69, 9.17) is 5.73 Å². The van der Waals surface area contributed by atoms with Crippen molar-refractivity contribution in [3.05, 3.63) is 0 Å². The zero-order valence-electron chi connectivity index (χ0n) is 15.0. The van der Waals surface area contributed by atoms with Crippen LogP contribution < -0.4 is 5.73 Å². The van der Waals surface area contributed by atoms with E-state index in [0.29, 0.717) is 12.1 Å². The molecule has 3 atom stereocenters. The number of nitrogens with zero attached hydrogens (tertiary/aromatic N) is 2. The van der Waals surface area contributed by atoms with Crippen LogP contribution in [-0.2, 0) is 0 Å². The second kappa shape index (κ2) is 10.6. The van der Waals surface area contributed by atoms with Crippen LogP contribution in [0.4, 0.5) is 0 Å². The molecule has 0 aromatic carbocycles. The lowest BCUT2D eigenvalue weighted by Crippen LogP contribution is -2.51. The van der Waals surface area contributed by atoms with Crippen molar-refractivity contribution in [2.45, 2.75) is 78.3 Å². The maximum absolute atomic E-state index is 6.45. The average molecular weight is 298 g/mol. The van der Waals surface area contributed by atoms with E-state index in [1.807, 2.05) is 0 Å². The molecule has 0 aliphatic heterocycles. The molecule has 3 nitrogen and oxygen atoms in total. The number of hydrogen-bond acceptors (Lipinski definition) is 3. The molecule has 1 aliphatic carbocycles. The molecule has 0 aromatic heterocycles. The third kappa shape index (κ3) is 6.25. The van der Waals surface area contributed by atoms with Gasteiger partial charge in [0.1, 0.15) is 0 Å². The topological polar surface area (TPSA) is 32.5 Å². The van der Waals surface area contributed by atoms with Gasteiger partial charge in [-0.2, -0.15) is 0 Å². The van der Waals surface area contributed by atoms with E-state index in [-0.39, 0.29) is 0 Å². The summed E-state index contributed by atoms with van der Waals surface area (Å²) in [5.74, 6) is 0.914. The molecule has 126 valence electrons. The number of hydrogen-bond donors (Lipinski definition) is 1. The van der Waals surface area contributed by atoms with E-state index in [1.165, 1.54) is 64.7 Å². The van der Waals surface area contributed by atoms with Gasteiger partial charge >= 0.3 is 0 Å². The van der Waals surface area contributed by atoms with Crippen LogP contribution in [0.5, 0.6) is 0 Å². The third-order valence-corrected chi connectivity index (χ3v) is 5.36. The SMILES string of the molecule is CCCC1CCC(N)C(N(CC)CCCN(CC)CC)C1. The summed E-state index contributed by atoms with van der Waals surface area (Å²) in [6.45, 7) is 15.1. The summed E-state index contributed by atoms with van der Waals surface area (Å²) in [7, 11) is 0. The Hall–Kier alpha value is -0.120. The Labute approximate surface area is 133 Å². The standard InChI is InChI=1S/C18H39N3/c1-5-10-16-11-12-17(19)18(15-16)21(8-4)14-9-13-20(6-2)7-3/h16-18H,5-15,19H2,1-4H3. The molecule has 0 aromatic rings. The highest BCUT2D eigenvalue weighted by molar-refractivity contribution is 4.89. The molecule has 21 heavy (non-hydrogen) atoms. The molecule has 0 radical (unpaired) electrons. The van der Waals surface area contributed by atoms with Crippen molar-refractivity contribution in [3.63, 3.8) is 0 Å². The highest BCUT2D eigenvalue weighted by Crippen LogP contribution is 2.30. The number of likely N-dealkylation sites (N-methyl/N-ethyl adjacent to an activating group) is 1. The van der Waals surface area contributed by atoms with Crippen LogP contribution in [0.3, 0.4) is 0 Å². The van der Waals surface area contributed by atoms with Gasteiger partial charge in [-0.1, -0.05) is 40.5 Å². The van der Waals surface area contributed by atoms with Crippen molar-refractivity contribution in [1.29, 1.82) is 0 Å². The van der Waals surface area contributed by atoms with Crippen LogP contribution in [0.25, 0.3) is 0 Å². The first kappa shape index (κ1) is 18.9. The number of nitrogens with two attached hydrogens (primary N) is 1. The largest absolute Gasteiger partial charge is 0.326 e. The summed E-state index contributed by atoms with van der Waals surface area (Å²) < 4.78 is 0. The first-order chi connectivity index (χ1) is 10.2. The summed E-state index contributed by atoms with van der Waals surface area (Å²) in [6.07, 6.45) is 7.89. The van der Waals surface area contributed by atoms with Crippen molar-refractivity contribution in [1.82, 2.24) is 9.80 Å². The molecule has 0 spiro atoms. The Morgan fingerprint density at radius 3 is 2.24 bits per heavy atom. The monoisotopic (exact) mass is 297 g/mol. The van der Waals surface area contributed by atoms with Crippen LogP contribution in [-0.4, -0.2) is 54.6 Å². The maximum Gasteiger partial charge on any atom is 0.0249 e. The fourth-order valence-corrected chi connectivity index (χ4v) is 3.94. The lowest BCUT2D eigenvalue weighted by Gasteiger charge is -2.41. The minimum Gasteiger partial charge on any atom is -0.326 e. The molecule has 1 rings (SSSR count). The lowest BCUT2D eigenvalue weighted by atomic mass is 9.80. The highest BCUT2D eigenvalue weighted by Gasteiger charge is 2.31. The van der Waals surface area contributed by atoms with E-state index in [2.05, 4.69) is 37.5 Å². The van der Waals surface area contributed by atoms with Crippen LogP contribution in [0.1, 0.15) is 66.2 Å². The van der Waals surface area contributed by atoms with Gasteiger partial charge in [0.2, 0.25) is 0 Å². The molecule has 0 heterocycles. The van der Waals surface area contributed by atoms with Gasteiger partial charge in [0.05, 0.1) is 0 Å². The van der Waals surface area contributed by atoms with Crippen LogP contribution in [0.15, 0.2) is 0 Å². The minimum atomic E-state index is 0.395. The Kier molecular flexibility index (Phi) is 9.54. The van der Waals surface area contributed by atoms with Gasteiger partial charge in [-0.15, -0.1) is 0 Å². The predicted molar refractivity (Wildman–Crippen MR) is 93.7 cm³/mol. The lowest BCUT2D eigenvalue weighted by molar-refractivity contribution is 0.108. The second-order valence-corrected chi connectivity index (χ2v) is 6.71. The van der Waals surface area contributed by atoms with Crippen molar-refractivity contribution in [3.8, 4) is 0 Å². The smallest absolute Gasteiger partial charge is 0.0249 e. The molecule has 2 N–H and O–H groups in total. The van der Waals surface area contributed by atoms with E-state index in [9.17, 15) is 0 Å². The van der Waals surface area contributed by atoms with Gasteiger partial charge in [0.15, 0.2) is 0 Å². The predicted octanol–water partition coefficient (Wildman–Crippen LogP) is 3.34. The summed E-state index contributed by atoms with van der Waals surface area (Å²) in [5, 5.41) is 0.